The van der Waals surface area contributed by atoms with Crippen molar-refractivity contribution in [3.63, 3.8) is 0 Å². The molecule has 2 aromatic carbocycles. The molecule has 7 heteroatoms. The first-order valence-electron chi connectivity index (χ1n) is 12.5. The fraction of sp³-hybridized carbons (Fsp3) is 0.464. The predicted molar refractivity (Wildman–Crippen MR) is 133 cm³/mol. The number of hydrogen-bond acceptors (Lipinski definition) is 4. The van der Waals surface area contributed by atoms with Crippen LogP contribution in [0, 0.1) is 17.8 Å². The zero-order valence-corrected chi connectivity index (χ0v) is 20.2. The molecule has 2 aliphatic carbocycles. The Morgan fingerprint density at radius 3 is 2.26 bits per heavy atom. The Kier molecular flexibility index (Phi) is 8.06. The molecule has 0 aromatic heterocycles. The van der Waals surface area contributed by atoms with Crippen molar-refractivity contribution in [2.75, 3.05) is 19.7 Å². The molecule has 0 radical (unpaired) electrons. The summed E-state index contributed by atoms with van der Waals surface area (Å²) in [5, 5.41) is 14.7. The number of nitrogens with one attached hydrogen (secondary N) is 2. The number of carboxylic acid groups (broad SMARTS) is 1. The van der Waals surface area contributed by atoms with Crippen LogP contribution in [0.1, 0.15) is 56.1 Å². The SMILES string of the molecule is CC(CNC(=O)OCC1c2ccccc2-c2ccccc21)CC(=O)NCC1CCC(CC(=O)O)C1. The van der Waals surface area contributed by atoms with E-state index in [1.807, 2.05) is 31.2 Å². The molecule has 0 aliphatic heterocycles. The Balaban J connectivity index is 1.16. The topological polar surface area (TPSA) is 105 Å². The minimum absolute atomic E-state index is 0.0158. The summed E-state index contributed by atoms with van der Waals surface area (Å²) in [6.07, 6.45) is 2.77. The standard InChI is InChI=1S/C28H34N2O5/c1-18(12-26(31)29-16-20-11-10-19(13-20)14-27(32)33)15-30-28(34)35-17-25-23-8-4-2-6-21(23)22-7-3-5-9-24(22)25/h2-9,18-20,25H,10-17H2,1H3,(H,29,31)(H,30,34)(H,32,33). The Morgan fingerprint density at radius 1 is 0.971 bits per heavy atom. The number of fused-ring (bicyclic) bond motifs is 3. The van der Waals surface area contributed by atoms with Crippen molar-refractivity contribution in [1.82, 2.24) is 10.6 Å². The zero-order valence-electron chi connectivity index (χ0n) is 20.2. The molecule has 7 nitrogen and oxygen atoms in total. The van der Waals surface area contributed by atoms with E-state index in [0.717, 1.165) is 19.3 Å². The number of amides is 2. The second-order valence-corrected chi connectivity index (χ2v) is 9.96. The number of carbonyl (C=O) groups is 3. The highest BCUT2D eigenvalue weighted by Crippen LogP contribution is 2.44. The molecule has 2 amide bonds. The van der Waals surface area contributed by atoms with Crippen molar-refractivity contribution < 1.29 is 24.2 Å². The van der Waals surface area contributed by atoms with Gasteiger partial charge in [-0.25, -0.2) is 4.79 Å². The summed E-state index contributed by atoms with van der Waals surface area (Å²) in [5.41, 5.74) is 4.71. The number of rotatable bonds is 10. The van der Waals surface area contributed by atoms with Crippen LogP contribution >= 0.6 is 0 Å². The van der Waals surface area contributed by atoms with Crippen molar-refractivity contribution in [3.05, 3.63) is 59.7 Å². The molecule has 2 aliphatic rings. The van der Waals surface area contributed by atoms with Crippen molar-refractivity contribution >= 4 is 18.0 Å². The molecule has 3 N–H and O–H groups in total. The van der Waals surface area contributed by atoms with E-state index in [9.17, 15) is 14.4 Å². The van der Waals surface area contributed by atoms with E-state index in [0.29, 0.717) is 25.4 Å². The van der Waals surface area contributed by atoms with Crippen LogP contribution in [-0.4, -0.2) is 42.8 Å². The monoisotopic (exact) mass is 478 g/mol. The number of hydrogen-bond donors (Lipinski definition) is 3. The van der Waals surface area contributed by atoms with Crippen molar-refractivity contribution in [2.45, 2.75) is 44.9 Å². The first-order chi connectivity index (χ1) is 16.9. The predicted octanol–water partition coefficient (Wildman–Crippen LogP) is 4.56. The smallest absolute Gasteiger partial charge is 0.407 e. The number of alkyl carbamates (subject to hydrolysis) is 1. The van der Waals surface area contributed by atoms with E-state index in [4.69, 9.17) is 9.84 Å². The lowest BCUT2D eigenvalue weighted by Gasteiger charge is -2.17. The average molecular weight is 479 g/mol. The molecule has 0 heterocycles. The molecule has 0 bridgehead atoms. The summed E-state index contributed by atoms with van der Waals surface area (Å²) in [7, 11) is 0. The van der Waals surface area contributed by atoms with Crippen LogP contribution < -0.4 is 10.6 Å². The molecule has 35 heavy (non-hydrogen) atoms. The van der Waals surface area contributed by atoms with Crippen LogP contribution in [0.5, 0.6) is 0 Å². The molecule has 3 atom stereocenters. The van der Waals surface area contributed by atoms with Crippen LogP contribution in [0.3, 0.4) is 0 Å². The van der Waals surface area contributed by atoms with Crippen molar-refractivity contribution in [2.24, 2.45) is 17.8 Å². The maximum Gasteiger partial charge on any atom is 0.407 e. The van der Waals surface area contributed by atoms with Gasteiger partial charge in [0.1, 0.15) is 6.61 Å². The van der Waals surface area contributed by atoms with Crippen LogP contribution in [0.4, 0.5) is 4.79 Å². The number of ether oxygens (including phenoxy) is 1. The van der Waals surface area contributed by atoms with Gasteiger partial charge in [0, 0.05) is 31.8 Å². The van der Waals surface area contributed by atoms with Gasteiger partial charge in [-0.15, -0.1) is 0 Å². The molecule has 186 valence electrons. The number of carboxylic acids is 1. The van der Waals surface area contributed by atoms with Gasteiger partial charge in [0.25, 0.3) is 0 Å². The molecular weight excluding hydrogens is 444 g/mol. The summed E-state index contributed by atoms with van der Waals surface area (Å²) < 4.78 is 5.56. The lowest BCUT2D eigenvalue weighted by atomic mass is 9.98. The number of carbonyl (C=O) groups excluding carboxylic acids is 2. The summed E-state index contributed by atoms with van der Waals surface area (Å²) in [5.74, 6) is -0.251. The lowest BCUT2D eigenvalue weighted by Crippen LogP contribution is -2.34. The minimum atomic E-state index is -0.752. The highest BCUT2D eigenvalue weighted by molar-refractivity contribution is 5.79. The Morgan fingerprint density at radius 2 is 1.60 bits per heavy atom. The molecule has 0 spiro atoms. The number of benzene rings is 2. The first-order valence-corrected chi connectivity index (χ1v) is 12.5. The second-order valence-electron chi connectivity index (χ2n) is 9.96. The van der Waals surface area contributed by atoms with Gasteiger partial charge >= 0.3 is 12.1 Å². The van der Waals surface area contributed by atoms with Gasteiger partial charge in [0.15, 0.2) is 0 Å². The van der Waals surface area contributed by atoms with E-state index in [1.165, 1.54) is 22.3 Å². The summed E-state index contributed by atoms with van der Waals surface area (Å²) in [6.45, 7) is 3.12. The maximum absolute atomic E-state index is 12.3. The van der Waals surface area contributed by atoms with Gasteiger partial charge in [-0.1, -0.05) is 55.5 Å². The normalized spacial score (nSPS) is 19.5. The molecule has 3 unspecified atom stereocenters. The molecule has 1 saturated carbocycles. The Bertz CT molecular complexity index is 1020. The number of aliphatic carboxylic acids is 1. The van der Waals surface area contributed by atoms with Gasteiger partial charge in [0.2, 0.25) is 5.91 Å². The van der Waals surface area contributed by atoms with E-state index in [-0.39, 0.29) is 36.7 Å². The maximum atomic E-state index is 12.3. The van der Waals surface area contributed by atoms with E-state index in [2.05, 4.69) is 34.9 Å². The fourth-order valence-corrected chi connectivity index (χ4v) is 5.42. The first kappa shape index (κ1) is 24.8. The van der Waals surface area contributed by atoms with Gasteiger partial charge in [-0.05, 0) is 59.3 Å². The Labute approximate surface area is 206 Å². The van der Waals surface area contributed by atoms with E-state index >= 15 is 0 Å². The molecule has 4 rings (SSSR count). The van der Waals surface area contributed by atoms with Gasteiger partial charge in [-0.3, -0.25) is 9.59 Å². The van der Waals surface area contributed by atoms with Crippen LogP contribution in [0.25, 0.3) is 11.1 Å². The van der Waals surface area contributed by atoms with Crippen LogP contribution in [-0.2, 0) is 14.3 Å². The van der Waals surface area contributed by atoms with Crippen molar-refractivity contribution in [3.8, 4) is 11.1 Å². The highest BCUT2D eigenvalue weighted by Gasteiger charge is 2.29. The van der Waals surface area contributed by atoms with Gasteiger partial charge in [0.05, 0.1) is 0 Å². The molecular formula is C28H34N2O5. The molecule has 2 aromatic rings. The fourth-order valence-electron chi connectivity index (χ4n) is 5.42. The average Bonchev–Trinajstić information content (AvgIpc) is 3.41. The lowest BCUT2D eigenvalue weighted by molar-refractivity contribution is -0.138. The third-order valence-electron chi connectivity index (χ3n) is 7.17. The summed E-state index contributed by atoms with van der Waals surface area (Å²) >= 11 is 0. The second kappa shape index (κ2) is 11.4. The van der Waals surface area contributed by atoms with E-state index < -0.39 is 12.1 Å². The molecule has 0 saturated heterocycles. The third kappa shape index (κ3) is 6.41. The zero-order chi connectivity index (χ0) is 24.8. The largest absolute Gasteiger partial charge is 0.481 e. The van der Waals surface area contributed by atoms with Crippen LogP contribution in [0.15, 0.2) is 48.5 Å². The van der Waals surface area contributed by atoms with E-state index in [1.54, 1.807) is 0 Å². The van der Waals surface area contributed by atoms with Gasteiger partial charge < -0.3 is 20.5 Å². The quantitative estimate of drug-likeness (QED) is 0.464. The molecule has 1 fully saturated rings. The highest BCUT2D eigenvalue weighted by atomic mass is 16.5. The summed E-state index contributed by atoms with van der Waals surface area (Å²) in [4.78, 5) is 35.5. The Hall–Kier alpha value is -3.35. The van der Waals surface area contributed by atoms with Crippen molar-refractivity contribution in [1.29, 1.82) is 0 Å². The summed E-state index contributed by atoms with van der Waals surface area (Å²) in [6, 6.07) is 16.4. The van der Waals surface area contributed by atoms with Gasteiger partial charge in [-0.2, -0.15) is 0 Å². The third-order valence-corrected chi connectivity index (χ3v) is 7.17. The minimum Gasteiger partial charge on any atom is -0.481 e. The van der Waals surface area contributed by atoms with Crippen LogP contribution in [0.2, 0.25) is 0 Å².